The molecule has 0 saturated heterocycles. The Hall–Kier alpha value is -2.44. The average Bonchev–Trinajstić information content (AvgIpc) is 2.50. The Morgan fingerprint density at radius 1 is 1.18 bits per heavy atom. The summed E-state index contributed by atoms with van der Waals surface area (Å²) in [5.41, 5.74) is 8.86. The van der Waals surface area contributed by atoms with Gasteiger partial charge in [0.25, 0.3) is 5.91 Å². The first-order chi connectivity index (χ1) is 10.4. The molecule has 0 bridgehead atoms. The van der Waals surface area contributed by atoms with E-state index >= 15 is 0 Å². The van der Waals surface area contributed by atoms with E-state index in [9.17, 15) is 15.0 Å². The standard InChI is InChI=1S/C14H11Cl2N3O3/c15-10-5-8(12(20)11(16)13(10)21)6-18-19-14(22)7-1-3-9(17)4-2-7/h1-6,20-21H,17H2,(H,19,22)/b18-6-. The van der Waals surface area contributed by atoms with Gasteiger partial charge >= 0.3 is 0 Å². The number of hydrogen-bond acceptors (Lipinski definition) is 5. The number of nitrogens with one attached hydrogen (secondary N) is 1. The van der Waals surface area contributed by atoms with E-state index in [0.29, 0.717) is 11.3 Å². The van der Waals surface area contributed by atoms with Crippen LogP contribution in [-0.4, -0.2) is 22.3 Å². The molecule has 0 atom stereocenters. The Morgan fingerprint density at radius 2 is 1.82 bits per heavy atom. The van der Waals surface area contributed by atoms with E-state index in [1.807, 2.05) is 0 Å². The second kappa shape index (κ2) is 6.55. The van der Waals surface area contributed by atoms with Gasteiger partial charge in [0.1, 0.15) is 10.8 Å². The number of anilines is 1. The maximum Gasteiger partial charge on any atom is 0.271 e. The van der Waals surface area contributed by atoms with Gasteiger partial charge in [-0.1, -0.05) is 23.2 Å². The van der Waals surface area contributed by atoms with Crippen molar-refractivity contribution in [2.24, 2.45) is 5.10 Å². The van der Waals surface area contributed by atoms with E-state index in [4.69, 9.17) is 28.9 Å². The normalized spacial score (nSPS) is 10.8. The molecule has 0 aliphatic heterocycles. The van der Waals surface area contributed by atoms with E-state index in [1.165, 1.54) is 6.07 Å². The van der Waals surface area contributed by atoms with Crippen LogP contribution >= 0.6 is 23.2 Å². The highest BCUT2D eigenvalue weighted by atomic mass is 35.5. The molecule has 0 saturated carbocycles. The molecule has 1 amide bonds. The van der Waals surface area contributed by atoms with Crippen molar-refractivity contribution < 1.29 is 15.0 Å². The SMILES string of the molecule is Nc1ccc(C(=O)N/N=C\c2cc(Cl)c(O)c(Cl)c2O)cc1. The Kier molecular flexibility index (Phi) is 4.75. The third-order valence-corrected chi connectivity index (χ3v) is 3.39. The highest BCUT2D eigenvalue weighted by molar-refractivity contribution is 6.38. The predicted molar refractivity (Wildman–Crippen MR) is 85.7 cm³/mol. The number of carbonyl (C=O) groups excluding carboxylic acids is 1. The number of nitrogens with two attached hydrogens (primary N) is 1. The highest BCUT2D eigenvalue weighted by Crippen LogP contribution is 2.40. The number of carbonyl (C=O) groups is 1. The minimum atomic E-state index is -0.452. The second-order valence-electron chi connectivity index (χ2n) is 4.28. The van der Waals surface area contributed by atoms with Gasteiger partial charge < -0.3 is 15.9 Å². The van der Waals surface area contributed by atoms with Gasteiger partial charge in [0.15, 0.2) is 5.75 Å². The number of nitrogens with zero attached hydrogens (tertiary/aromatic N) is 1. The van der Waals surface area contributed by atoms with Crippen LogP contribution in [0, 0.1) is 0 Å². The molecule has 0 unspecified atom stereocenters. The fraction of sp³-hybridized carbons (Fsp3) is 0. The minimum Gasteiger partial charge on any atom is -0.506 e. The van der Waals surface area contributed by atoms with Crippen LogP contribution in [0.25, 0.3) is 0 Å². The van der Waals surface area contributed by atoms with Crippen molar-refractivity contribution in [1.82, 2.24) is 5.43 Å². The Balaban J connectivity index is 2.13. The van der Waals surface area contributed by atoms with Crippen molar-refractivity contribution in [3.63, 3.8) is 0 Å². The topological polar surface area (TPSA) is 108 Å². The third kappa shape index (κ3) is 3.41. The molecule has 114 valence electrons. The van der Waals surface area contributed by atoms with E-state index in [1.54, 1.807) is 24.3 Å². The van der Waals surface area contributed by atoms with Crippen LogP contribution < -0.4 is 11.2 Å². The highest BCUT2D eigenvalue weighted by Gasteiger charge is 2.13. The number of halogens is 2. The molecule has 0 fully saturated rings. The van der Waals surface area contributed by atoms with Crippen LogP contribution in [0.2, 0.25) is 10.0 Å². The van der Waals surface area contributed by atoms with Crippen LogP contribution in [0.5, 0.6) is 11.5 Å². The molecule has 2 aromatic rings. The van der Waals surface area contributed by atoms with Crippen molar-refractivity contribution in [2.45, 2.75) is 0 Å². The Bertz CT molecular complexity index is 746. The lowest BCUT2D eigenvalue weighted by Crippen LogP contribution is -2.17. The number of benzene rings is 2. The zero-order valence-electron chi connectivity index (χ0n) is 11.0. The first-order valence-electron chi connectivity index (χ1n) is 5.99. The number of aromatic hydroxyl groups is 2. The number of amides is 1. The summed E-state index contributed by atoms with van der Waals surface area (Å²) < 4.78 is 0. The van der Waals surface area contributed by atoms with Gasteiger partial charge in [0.05, 0.1) is 11.2 Å². The first-order valence-corrected chi connectivity index (χ1v) is 6.74. The Labute approximate surface area is 135 Å². The summed E-state index contributed by atoms with van der Waals surface area (Å²) in [6, 6.07) is 7.53. The second-order valence-corrected chi connectivity index (χ2v) is 5.07. The lowest BCUT2D eigenvalue weighted by Gasteiger charge is -2.05. The molecule has 0 aliphatic carbocycles. The van der Waals surface area contributed by atoms with Crippen molar-refractivity contribution in [3.05, 3.63) is 51.5 Å². The number of nitrogen functional groups attached to an aromatic ring is 1. The van der Waals surface area contributed by atoms with Crippen LogP contribution in [0.4, 0.5) is 5.69 Å². The van der Waals surface area contributed by atoms with Crippen LogP contribution in [0.3, 0.4) is 0 Å². The summed E-state index contributed by atoms with van der Waals surface area (Å²) in [7, 11) is 0. The quantitative estimate of drug-likeness (QED) is 0.391. The zero-order chi connectivity index (χ0) is 16.3. The van der Waals surface area contributed by atoms with E-state index in [-0.39, 0.29) is 15.6 Å². The van der Waals surface area contributed by atoms with E-state index < -0.39 is 17.4 Å². The lowest BCUT2D eigenvalue weighted by atomic mass is 10.2. The van der Waals surface area contributed by atoms with E-state index in [0.717, 1.165) is 6.21 Å². The number of phenols is 2. The molecule has 0 aromatic heterocycles. The van der Waals surface area contributed by atoms with Gasteiger partial charge in [-0.05, 0) is 30.3 Å². The Morgan fingerprint density at radius 3 is 2.45 bits per heavy atom. The summed E-state index contributed by atoms with van der Waals surface area (Å²) in [6.45, 7) is 0. The molecule has 22 heavy (non-hydrogen) atoms. The maximum absolute atomic E-state index is 11.8. The van der Waals surface area contributed by atoms with Crippen molar-refractivity contribution >= 4 is 41.0 Å². The van der Waals surface area contributed by atoms with Gasteiger partial charge in [-0.2, -0.15) is 5.10 Å². The number of hydrogen-bond donors (Lipinski definition) is 4. The molecular weight excluding hydrogens is 329 g/mol. The van der Waals surface area contributed by atoms with Crippen molar-refractivity contribution in [2.75, 3.05) is 5.73 Å². The average molecular weight is 340 g/mol. The minimum absolute atomic E-state index is 0.0471. The molecule has 2 aromatic carbocycles. The molecule has 0 heterocycles. The van der Waals surface area contributed by atoms with Crippen LogP contribution in [0.15, 0.2) is 35.4 Å². The summed E-state index contributed by atoms with van der Waals surface area (Å²) in [4.78, 5) is 11.8. The molecule has 6 nitrogen and oxygen atoms in total. The number of rotatable bonds is 3. The van der Waals surface area contributed by atoms with Crippen molar-refractivity contribution in [1.29, 1.82) is 0 Å². The van der Waals surface area contributed by atoms with E-state index in [2.05, 4.69) is 10.5 Å². The number of phenolic OH excluding ortho intramolecular Hbond substituents is 2. The maximum atomic E-state index is 11.8. The van der Waals surface area contributed by atoms with Crippen LogP contribution in [0.1, 0.15) is 15.9 Å². The molecule has 0 aliphatic rings. The fourth-order valence-electron chi connectivity index (χ4n) is 1.57. The van der Waals surface area contributed by atoms with Gasteiger partial charge in [0.2, 0.25) is 0 Å². The van der Waals surface area contributed by atoms with Gasteiger partial charge in [-0.3, -0.25) is 4.79 Å². The molecule has 0 radical (unpaired) electrons. The zero-order valence-corrected chi connectivity index (χ0v) is 12.6. The third-order valence-electron chi connectivity index (χ3n) is 2.74. The van der Waals surface area contributed by atoms with Gasteiger partial charge in [0, 0.05) is 16.8 Å². The van der Waals surface area contributed by atoms with Gasteiger partial charge in [-0.15, -0.1) is 0 Å². The first kappa shape index (κ1) is 15.9. The summed E-state index contributed by atoms with van der Waals surface area (Å²) in [5.74, 6) is -1.27. The largest absolute Gasteiger partial charge is 0.506 e. The molecule has 5 N–H and O–H groups in total. The van der Waals surface area contributed by atoms with Crippen molar-refractivity contribution in [3.8, 4) is 11.5 Å². The predicted octanol–water partition coefficient (Wildman–Crippen LogP) is 2.75. The number of hydrazone groups is 1. The fourth-order valence-corrected chi connectivity index (χ4v) is 2.05. The molecule has 0 spiro atoms. The molecule has 2 rings (SSSR count). The summed E-state index contributed by atoms with van der Waals surface area (Å²) in [5, 5.41) is 22.6. The van der Waals surface area contributed by atoms with Gasteiger partial charge in [-0.25, -0.2) is 5.43 Å². The summed E-state index contributed by atoms with van der Waals surface area (Å²) >= 11 is 11.4. The summed E-state index contributed by atoms with van der Waals surface area (Å²) in [6.07, 6.45) is 1.15. The molecule has 8 heteroatoms. The van der Waals surface area contributed by atoms with Crippen LogP contribution in [-0.2, 0) is 0 Å². The lowest BCUT2D eigenvalue weighted by molar-refractivity contribution is 0.0955. The molecular formula is C14H11Cl2N3O3. The monoisotopic (exact) mass is 339 g/mol. The smallest absolute Gasteiger partial charge is 0.271 e.